The van der Waals surface area contributed by atoms with Crippen LogP contribution in [0.2, 0.25) is 0 Å². The van der Waals surface area contributed by atoms with Gasteiger partial charge in [-0.3, -0.25) is 0 Å². The van der Waals surface area contributed by atoms with Crippen LogP contribution in [0.4, 0.5) is 0 Å². The summed E-state index contributed by atoms with van der Waals surface area (Å²) in [6.07, 6.45) is -1.08. The van der Waals surface area contributed by atoms with Gasteiger partial charge in [0, 0.05) is 5.56 Å². The molecule has 1 N–H and O–H groups in total. The Bertz CT molecular complexity index is 234. The molecule has 5 heteroatoms. The summed E-state index contributed by atoms with van der Waals surface area (Å²) >= 11 is 0. The second-order valence-corrected chi connectivity index (χ2v) is 2.37. The van der Waals surface area contributed by atoms with E-state index in [1.807, 2.05) is 6.07 Å². The molecule has 0 radical (unpaired) electrons. The van der Waals surface area contributed by atoms with Crippen LogP contribution in [0, 0.1) is 0 Å². The second kappa shape index (κ2) is 6.72. The number of aliphatic hydroxyl groups is 1. The van der Waals surface area contributed by atoms with Crippen molar-refractivity contribution in [3.63, 3.8) is 0 Å². The van der Waals surface area contributed by atoms with E-state index in [0.29, 0.717) is 5.56 Å². The third-order valence-corrected chi connectivity index (χ3v) is 1.56. The Morgan fingerprint density at radius 1 is 1.42 bits per heavy atom. The second-order valence-electron chi connectivity index (χ2n) is 1.96. The summed E-state index contributed by atoms with van der Waals surface area (Å²) < 4.78 is 14.4. The first-order valence-electron chi connectivity index (χ1n) is 3.10. The van der Waals surface area contributed by atoms with Crippen LogP contribution in [0.3, 0.4) is 0 Å². The number of aliphatic hydroxyl groups excluding tert-OH is 1. The van der Waals surface area contributed by atoms with Crippen LogP contribution in [0.25, 0.3) is 0 Å². The number of rotatable bonds is 3. The largest absolute Gasteiger partial charge is 1.00 e. The Labute approximate surface area is 95.8 Å². The van der Waals surface area contributed by atoms with E-state index in [2.05, 4.69) is 4.52 Å². The topological polar surface area (TPSA) is 46.5 Å². The first-order valence-corrected chi connectivity index (χ1v) is 3.92. The average Bonchev–Trinajstić information content (AvgIpc) is 2.07. The molecule has 60 valence electrons. The van der Waals surface area contributed by atoms with E-state index in [0.717, 1.165) is 0 Å². The van der Waals surface area contributed by atoms with Crippen LogP contribution >= 0.6 is 8.69 Å². The van der Waals surface area contributed by atoms with Gasteiger partial charge in [0.15, 0.2) is 0 Å². The number of benzene rings is 1. The molecule has 0 saturated heterocycles. The Balaban J connectivity index is 0. The normalized spacial score (nSPS) is 12.1. The van der Waals surface area contributed by atoms with Gasteiger partial charge in [-0.15, -0.1) is 4.52 Å². The van der Waals surface area contributed by atoms with Crippen LogP contribution in [-0.4, -0.2) is 5.11 Å². The predicted molar refractivity (Wildman–Crippen MR) is 42.6 cm³/mol. The summed E-state index contributed by atoms with van der Waals surface area (Å²) in [6.45, 7) is 0. The van der Waals surface area contributed by atoms with Gasteiger partial charge in [-0.2, -0.15) is 0 Å². The molecule has 0 fully saturated rings. The van der Waals surface area contributed by atoms with Gasteiger partial charge in [0.2, 0.25) is 6.29 Å². The number of hydrogen-bond acceptors (Lipinski definition) is 3. The SMILES string of the molecule is O=[PH+]OC(O)c1ccccc1.[H-].[Na+]. The van der Waals surface area contributed by atoms with Gasteiger partial charge in [-0.1, -0.05) is 30.3 Å². The summed E-state index contributed by atoms with van der Waals surface area (Å²) in [6, 6.07) is 8.77. The van der Waals surface area contributed by atoms with Crippen molar-refractivity contribution in [2.75, 3.05) is 0 Å². The zero-order chi connectivity index (χ0) is 8.10. The van der Waals surface area contributed by atoms with Gasteiger partial charge in [0.1, 0.15) is 0 Å². The van der Waals surface area contributed by atoms with E-state index in [1.54, 1.807) is 24.3 Å². The van der Waals surface area contributed by atoms with E-state index in [1.165, 1.54) is 0 Å². The molecule has 1 rings (SSSR count). The third-order valence-electron chi connectivity index (χ3n) is 1.24. The molecule has 2 atom stereocenters. The molecule has 2 unspecified atom stereocenters. The minimum Gasteiger partial charge on any atom is -1.00 e. The smallest absolute Gasteiger partial charge is 1.00 e. The van der Waals surface area contributed by atoms with Crippen molar-refractivity contribution in [2.45, 2.75) is 6.29 Å². The zero-order valence-electron chi connectivity index (χ0n) is 7.73. The third kappa shape index (κ3) is 3.76. The predicted octanol–water partition coefficient (Wildman–Crippen LogP) is -1.25. The molecule has 1 aromatic carbocycles. The summed E-state index contributed by atoms with van der Waals surface area (Å²) in [5.41, 5.74) is 0.607. The van der Waals surface area contributed by atoms with Gasteiger partial charge < -0.3 is 6.53 Å². The average molecular weight is 195 g/mol. The Hall–Kier alpha value is 0.240. The molecule has 0 spiro atoms. The fraction of sp³-hybridized carbons (Fsp3) is 0.143. The maximum Gasteiger partial charge on any atom is 1.00 e. The molecule has 12 heavy (non-hydrogen) atoms. The van der Waals surface area contributed by atoms with E-state index < -0.39 is 15.0 Å². The summed E-state index contributed by atoms with van der Waals surface area (Å²) in [5, 5.41) is 9.11. The van der Waals surface area contributed by atoms with Gasteiger partial charge in [0.25, 0.3) is 0 Å². The first kappa shape index (κ1) is 12.2. The molecular formula is C7H9NaO3P+. The Morgan fingerprint density at radius 3 is 2.50 bits per heavy atom. The first-order chi connectivity index (χ1) is 5.34. The standard InChI is InChI=1S/C7H8O3P.Na.H/c8-7(10-11-9)6-4-2-1-3-5-6;;/h1-5,7-8,11H;;/q2*+1;-1. The van der Waals surface area contributed by atoms with E-state index in [4.69, 9.17) is 5.11 Å². The monoisotopic (exact) mass is 195 g/mol. The summed E-state index contributed by atoms with van der Waals surface area (Å²) in [4.78, 5) is 0. The van der Waals surface area contributed by atoms with E-state index >= 15 is 0 Å². The van der Waals surface area contributed by atoms with Crippen molar-refractivity contribution in [1.82, 2.24) is 0 Å². The minimum atomic E-state index is -1.08. The van der Waals surface area contributed by atoms with Gasteiger partial charge >= 0.3 is 38.2 Å². The zero-order valence-corrected chi connectivity index (χ0v) is 9.73. The van der Waals surface area contributed by atoms with Gasteiger partial charge in [-0.25, -0.2) is 0 Å². The van der Waals surface area contributed by atoms with Crippen molar-refractivity contribution in [1.29, 1.82) is 0 Å². The van der Waals surface area contributed by atoms with Crippen molar-refractivity contribution in [3.8, 4) is 0 Å². The summed E-state index contributed by atoms with van der Waals surface area (Å²) in [5.74, 6) is 0. The van der Waals surface area contributed by atoms with Crippen molar-refractivity contribution >= 4 is 8.69 Å². The maximum atomic E-state index is 9.96. The maximum absolute atomic E-state index is 9.96. The molecule has 0 aliphatic carbocycles. The van der Waals surface area contributed by atoms with Crippen molar-refractivity contribution in [3.05, 3.63) is 35.9 Å². The Kier molecular flexibility index (Phi) is 6.86. The molecule has 0 aliphatic heterocycles. The van der Waals surface area contributed by atoms with Gasteiger partial charge in [0.05, 0.1) is 0 Å². The molecule has 0 saturated carbocycles. The Morgan fingerprint density at radius 2 is 2.00 bits per heavy atom. The van der Waals surface area contributed by atoms with Gasteiger partial charge in [-0.05, 0) is 4.57 Å². The fourth-order valence-corrected chi connectivity index (χ4v) is 0.959. The molecule has 0 aliphatic rings. The van der Waals surface area contributed by atoms with Crippen molar-refractivity contribution < 1.29 is 45.2 Å². The molecule has 3 nitrogen and oxygen atoms in total. The van der Waals surface area contributed by atoms with Crippen LogP contribution in [-0.2, 0) is 9.09 Å². The molecule has 0 amide bonds. The van der Waals surface area contributed by atoms with Crippen molar-refractivity contribution in [2.24, 2.45) is 0 Å². The molecular weight excluding hydrogens is 186 g/mol. The molecule has 0 heterocycles. The fourth-order valence-electron chi connectivity index (χ4n) is 0.731. The van der Waals surface area contributed by atoms with Crippen LogP contribution in [0.1, 0.15) is 13.3 Å². The van der Waals surface area contributed by atoms with E-state index in [9.17, 15) is 4.57 Å². The minimum absolute atomic E-state index is 0. The summed E-state index contributed by atoms with van der Waals surface area (Å²) in [7, 11) is -0.936. The molecule has 1 aromatic rings. The molecule has 0 bridgehead atoms. The van der Waals surface area contributed by atoms with Crippen LogP contribution in [0.15, 0.2) is 30.3 Å². The van der Waals surface area contributed by atoms with Crippen LogP contribution < -0.4 is 29.6 Å². The van der Waals surface area contributed by atoms with E-state index in [-0.39, 0.29) is 31.0 Å². The number of hydrogen-bond donors (Lipinski definition) is 1. The quantitative estimate of drug-likeness (QED) is 0.372. The van der Waals surface area contributed by atoms with Crippen LogP contribution in [0.5, 0.6) is 0 Å². The molecule has 0 aromatic heterocycles.